The number of allylic oxidation sites excluding steroid dienone is 1. The lowest BCUT2D eigenvalue weighted by Gasteiger charge is -2.14. The molecule has 0 saturated heterocycles. The Bertz CT molecular complexity index is 778. The van der Waals surface area contributed by atoms with Crippen molar-refractivity contribution >= 4 is 6.21 Å². The molecule has 6 nitrogen and oxygen atoms in total. The predicted octanol–water partition coefficient (Wildman–Crippen LogP) is 4.87. The number of rotatable bonds is 12. The van der Waals surface area contributed by atoms with E-state index in [2.05, 4.69) is 15.0 Å². The van der Waals surface area contributed by atoms with E-state index in [4.69, 9.17) is 14.2 Å². The van der Waals surface area contributed by atoms with Crippen LogP contribution >= 0.6 is 0 Å². The summed E-state index contributed by atoms with van der Waals surface area (Å²) in [5.41, 5.74) is 3.02. The molecule has 0 aliphatic heterocycles. The minimum Gasteiger partial charge on any atom is -0.493 e. The fraction of sp³-hybridized carbons (Fsp3) is 0.391. The molecule has 156 valence electrons. The number of nitrogens with zero attached hydrogens (tertiary/aromatic N) is 2. The van der Waals surface area contributed by atoms with Gasteiger partial charge in [0.1, 0.15) is 25.2 Å². The van der Waals surface area contributed by atoms with Crippen molar-refractivity contribution in [3.05, 3.63) is 59.3 Å². The summed E-state index contributed by atoms with van der Waals surface area (Å²) in [5.74, 6) is 2.39. The topological polar surface area (TPSA) is 62.2 Å². The minimum absolute atomic E-state index is 0.577. The van der Waals surface area contributed by atoms with Crippen LogP contribution in [0.1, 0.15) is 36.5 Å². The lowest BCUT2D eigenvalue weighted by molar-refractivity contribution is 0.215. The van der Waals surface area contributed by atoms with Crippen LogP contribution in [0.2, 0.25) is 0 Å². The quantitative estimate of drug-likeness (QED) is 0.221. The number of aryl methyl sites for hydroxylation is 2. The van der Waals surface area contributed by atoms with Gasteiger partial charge in [-0.25, -0.2) is 4.98 Å². The van der Waals surface area contributed by atoms with Crippen molar-refractivity contribution in [1.82, 2.24) is 4.98 Å². The zero-order valence-corrected chi connectivity index (χ0v) is 17.7. The van der Waals surface area contributed by atoms with Gasteiger partial charge in [0.05, 0.1) is 19.4 Å². The zero-order valence-electron chi connectivity index (χ0n) is 17.7. The molecule has 2 rings (SSSR count). The van der Waals surface area contributed by atoms with E-state index in [0.717, 1.165) is 41.0 Å². The highest BCUT2D eigenvalue weighted by Crippen LogP contribution is 2.28. The van der Waals surface area contributed by atoms with Crippen LogP contribution in [0.5, 0.6) is 17.4 Å². The van der Waals surface area contributed by atoms with Crippen molar-refractivity contribution in [3.63, 3.8) is 0 Å². The average molecular weight is 399 g/mol. The van der Waals surface area contributed by atoms with Gasteiger partial charge in [0.2, 0.25) is 5.88 Å². The molecule has 0 saturated carbocycles. The first-order chi connectivity index (χ1) is 14.1. The van der Waals surface area contributed by atoms with Crippen molar-refractivity contribution in [2.75, 3.05) is 26.9 Å². The Morgan fingerprint density at radius 2 is 1.72 bits per heavy atom. The first-order valence-corrected chi connectivity index (χ1v) is 9.77. The van der Waals surface area contributed by atoms with Crippen LogP contribution in [0.4, 0.5) is 0 Å². The van der Waals surface area contributed by atoms with Crippen molar-refractivity contribution in [2.24, 2.45) is 5.16 Å². The maximum absolute atomic E-state index is 5.99. The fourth-order valence-corrected chi connectivity index (χ4v) is 2.68. The van der Waals surface area contributed by atoms with Crippen LogP contribution in [0.15, 0.2) is 47.8 Å². The average Bonchev–Trinajstić information content (AvgIpc) is 2.71. The maximum Gasteiger partial charge on any atom is 0.213 e. The molecule has 0 aliphatic rings. The highest BCUT2D eigenvalue weighted by molar-refractivity contribution is 5.78. The van der Waals surface area contributed by atoms with Gasteiger partial charge < -0.3 is 19.0 Å². The summed E-state index contributed by atoms with van der Waals surface area (Å²) in [7, 11) is 1.50. The molecule has 1 heterocycles. The lowest BCUT2D eigenvalue weighted by atomic mass is 10.1. The monoisotopic (exact) mass is 398 g/mol. The van der Waals surface area contributed by atoms with Gasteiger partial charge in [-0.05, 0) is 62.9 Å². The molecule has 0 amide bonds. The Kier molecular flexibility index (Phi) is 9.55. The van der Waals surface area contributed by atoms with E-state index in [-0.39, 0.29) is 0 Å². The largest absolute Gasteiger partial charge is 0.493 e. The predicted molar refractivity (Wildman–Crippen MR) is 115 cm³/mol. The van der Waals surface area contributed by atoms with E-state index in [1.165, 1.54) is 7.11 Å². The van der Waals surface area contributed by atoms with Gasteiger partial charge in [-0.15, -0.1) is 0 Å². The van der Waals surface area contributed by atoms with Gasteiger partial charge in [0.25, 0.3) is 0 Å². The Hall–Kier alpha value is -3.02. The summed E-state index contributed by atoms with van der Waals surface area (Å²) < 4.78 is 17.4. The molecule has 1 aromatic carbocycles. The van der Waals surface area contributed by atoms with Crippen LogP contribution in [-0.2, 0) is 4.84 Å². The molecule has 0 atom stereocenters. The van der Waals surface area contributed by atoms with Crippen LogP contribution < -0.4 is 14.2 Å². The Balaban J connectivity index is 1.70. The van der Waals surface area contributed by atoms with Gasteiger partial charge in [-0.3, -0.25) is 0 Å². The van der Waals surface area contributed by atoms with Gasteiger partial charge in [-0.1, -0.05) is 17.3 Å². The third-order valence-corrected chi connectivity index (χ3v) is 4.12. The smallest absolute Gasteiger partial charge is 0.213 e. The number of aromatic nitrogens is 1. The van der Waals surface area contributed by atoms with Crippen LogP contribution in [0, 0.1) is 13.8 Å². The second-order valence-corrected chi connectivity index (χ2v) is 6.52. The van der Waals surface area contributed by atoms with E-state index in [1.807, 2.05) is 57.2 Å². The number of hydrogen-bond donors (Lipinski definition) is 0. The van der Waals surface area contributed by atoms with E-state index < -0.39 is 0 Å². The molecule has 0 spiro atoms. The molecule has 0 aliphatic carbocycles. The van der Waals surface area contributed by atoms with Gasteiger partial charge >= 0.3 is 0 Å². The summed E-state index contributed by atoms with van der Waals surface area (Å²) in [4.78, 5) is 8.88. The lowest BCUT2D eigenvalue weighted by Crippen LogP contribution is -2.05. The molecular formula is C23H30N2O4. The van der Waals surface area contributed by atoms with E-state index in [1.54, 1.807) is 12.4 Å². The van der Waals surface area contributed by atoms with Crippen molar-refractivity contribution in [3.8, 4) is 17.4 Å². The third kappa shape index (κ3) is 7.86. The number of pyridine rings is 1. The van der Waals surface area contributed by atoms with Gasteiger partial charge in [-0.2, -0.15) is 0 Å². The minimum atomic E-state index is 0.577. The third-order valence-electron chi connectivity index (χ3n) is 4.12. The van der Waals surface area contributed by atoms with Crippen LogP contribution in [-0.4, -0.2) is 38.1 Å². The summed E-state index contributed by atoms with van der Waals surface area (Å²) >= 11 is 0. The standard InChI is InChI=1S/C23H30N2O4/c1-5-6-11-27-21-14-18(2)23(19(3)15-21)29-13-8-7-12-28-22-10-9-20(16-24-22)17-25-26-4/h5-6,9-10,14-17H,7-8,11-13H2,1-4H3/b6-5+,25-17+. The molecule has 0 bridgehead atoms. The SMILES string of the molecule is C/C=C/COc1cc(C)c(OCCCCOc2ccc(/C=N/OC)cn2)c(C)c1. The molecule has 0 unspecified atom stereocenters. The number of ether oxygens (including phenoxy) is 3. The van der Waals surface area contributed by atoms with Gasteiger partial charge in [0, 0.05) is 17.8 Å². The summed E-state index contributed by atoms with van der Waals surface area (Å²) in [6.45, 7) is 7.88. The van der Waals surface area contributed by atoms with Crippen LogP contribution in [0.25, 0.3) is 0 Å². The molecule has 1 aromatic heterocycles. The molecule has 0 N–H and O–H groups in total. The van der Waals surface area contributed by atoms with Crippen LogP contribution in [0.3, 0.4) is 0 Å². The zero-order chi connectivity index (χ0) is 20.9. The number of benzene rings is 1. The summed E-state index contributed by atoms with van der Waals surface area (Å²) in [6.07, 6.45) is 9.03. The summed E-state index contributed by atoms with van der Waals surface area (Å²) in [5, 5.41) is 3.70. The Labute approximate surface area is 173 Å². The highest BCUT2D eigenvalue weighted by atomic mass is 16.6. The molecule has 6 heteroatoms. The highest BCUT2D eigenvalue weighted by Gasteiger charge is 2.07. The molecule has 29 heavy (non-hydrogen) atoms. The van der Waals surface area contributed by atoms with E-state index in [9.17, 15) is 0 Å². The number of hydrogen-bond acceptors (Lipinski definition) is 6. The van der Waals surface area contributed by atoms with E-state index >= 15 is 0 Å². The molecular weight excluding hydrogens is 368 g/mol. The number of oxime groups is 1. The fourth-order valence-electron chi connectivity index (χ4n) is 2.68. The summed E-state index contributed by atoms with van der Waals surface area (Å²) in [6, 6.07) is 7.73. The Morgan fingerprint density at radius 3 is 2.34 bits per heavy atom. The van der Waals surface area contributed by atoms with Crippen molar-refractivity contribution < 1.29 is 19.0 Å². The number of unbranched alkanes of at least 4 members (excludes halogenated alkanes) is 1. The Morgan fingerprint density at radius 1 is 1.00 bits per heavy atom. The normalized spacial score (nSPS) is 11.2. The maximum atomic E-state index is 5.99. The van der Waals surface area contributed by atoms with Crippen molar-refractivity contribution in [1.29, 1.82) is 0 Å². The van der Waals surface area contributed by atoms with E-state index in [0.29, 0.717) is 25.7 Å². The molecule has 0 radical (unpaired) electrons. The molecule has 2 aromatic rings. The second-order valence-electron chi connectivity index (χ2n) is 6.52. The van der Waals surface area contributed by atoms with Crippen molar-refractivity contribution in [2.45, 2.75) is 33.6 Å². The van der Waals surface area contributed by atoms with Gasteiger partial charge in [0.15, 0.2) is 0 Å². The molecule has 0 fully saturated rings. The first-order valence-electron chi connectivity index (χ1n) is 9.77. The first kappa shape index (κ1) is 22.3. The second kappa shape index (κ2) is 12.4.